The number of benzene rings is 1. The fourth-order valence-corrected chi connectivity index (χ4v) is 1.75. The number of imidazole rings is 1. The Balaban J connectivity index is 2.79. The van der Waals surface area contributed by atoms with Crippen LogP contribution in [0.2, 0.25) is 0 Å². The van der Waals surface area contributed by atoms with Crippen LogP contribution in [-0.4, -0.2) is 9.55 Å². The molecular weight excluding hydrogens is 191 g/mol. The number of hydrogen-bond donors (Lipinski definition) is 0. The molecule has 0 spiro atoms. The summed E-state index contributed by atoms with van der Waals surface area (Å²) in [5, 5.41) is 0. The highest BCUT2D eigenvalue weighted by atomic mass is 19.1. The van der Waals surface area contributed by atoms with Crippen LogP contribution in [0, 0.1) is 12.7 Å². The lowest BCUT2D eigenvalue weighted by molar-refractivity contribution is 0.629. The molecule has 0 saturated carbocycles. The van der Waals surface area contributed by atoms with Crippen molar-refractivity contribution in [2.24, 2.45) is 0 Å². The predicted octanol–water partition coefficient (Wildman–Crippen LogP) is 3.36. The molecule has 2 rings (SSSR count). The van der Waals surface area contributed by atoms with Crippen molar-refractivity contribution in [3.05, 3.63) is 35.9 Å². The molecule has 0 bridgehead atoms. The molecule has 1 aromatic heterocycles. The van der Waals surface area contributed by atoms with Crippen molar-refractivity contribution >= 4 is 16.7 Å². The summed E-state index contributed by atoms with van der Waals surface area (Å²) in [5.41, 5.74) is 2.75. The molecule has 0 amide bonds. The first kappa shape index (κ1) is 9.90. The quantitative estimate of drug-likeness (QED) is 0.696. The van der Waals surface area contributed by atoms with Crippen molar-refractivity contribution in [2.45, 2.75) is 20.8 Å². The molecule has 0 radical (unpaired) electrons. The van der Waals surface area contributed by atoms with E-state index < -0.39 is 0 Å². The number of allylic oxidation sites excluding steroid dienone is 2. The zero-order valence-corrected chi connectivity index (χ0v) is 9.08. The summed E-state index contributed by atoms with van der Waals surface area (Å²) in [6, 6.07) is 4.68. The number of halogens is 1. The van der Waals surface area contributed by atoms with Gasteiger partial charge in [0, 0.05) is 11.8 Å². The van der Waals surface area contributed by atoms with Gasteiger partial charge in [0.25, 0.3) is 0 Å². The number of rotatable bonds is 1. The maximum atomic E-state index is 13.0. The van der Waals surface area contributed by atoms with Crippen molar-refractivity contribution in [1.82, 2.24) is 9.55 Å². The Morgan fingerprint density at radius 1 is 1.47 bits per heavy atom. The standard InChI is InChI=1S/C12H13FN2/c1-4-8(2)15-9(3)14-11-7-10(13)5-6-12(11)15/h4-7H,1-3H3. The van der Waals surface area contributed by atoms with Crippen molar-refractivity contribution in [1.29, 1.82) is 0 Å². The second kappa shape index (κ2) is 3.50. The van der Waals surface area contributed by atoms with E-state index in [0.29, 0.717) is 5.52 Å². The Labute approximate surface area is 88.1 Å². The van der Waals surface area contributed by atoms with E-state index in [1.54, 1.807) is 6.07 Å². The van der Waals surface area contributed by atoms with E-state index in [1.807, 2.05) is 31.4 Å². The van der Waals surface area contributed by atoms with E-state index in [1.165, 1.54) is 12.1 Å². The number of aromatic nitrogens is 2. The van der Waals surface area contributed by atoms with Crippen LogP contribution in [0.15, 0.2) is 24.3 Å². The van der Waals surface area contributed by atoms with Crippen LogP contribution >= 0.6 is 0 Å². The van der Waals surface area contributed by atoms with Crippen LogP contribution in [0.1, 0.15) is 19.7 Å². The second-order valence-corrected chi connectivity index (χ2v) is 3.56. The highest BCUT2D eigenvalue weighted by Gasteiger charge is 2.08. The minimum atomic E-state index is -0.245. The van der Waals surface area contributed by atoms with Gasteiger partial charge in [0.15, 0.2) is 0 Å². The zero-order chi connectivity index (χ0) is 11.0. The van der Waals surface area contributed by atoms with Gasteiger partial charge in [-0.1, -0.05) is 6.08 Å². The van der Waals surface area contributed by atoms with Gasteiger partial charge in [-0.05, 0) is 32.9 Å². The summed E-state index contributed by atoms with van der Waals surface area (Å²) < 4.78 is 15.0. The molecule has 0 N–H and O–H groups in total. The number of nitrogens with zero attached hydrogens (tertiary/aromatic N) is 2. The third-order valence-electron chi connectivity index (χ3n) is 2.55. The number of fused-ring (bicyclic) bond motifs is 1. The molecular formula is C12H13FN2. The summed E-state index contributed by atoms with van der Waals surface area (Å²) in [4.78, 5) is 4.33. The molecule has 0 unspecified atom stereocenters. The molecule has 0 aliphatic rings. The predicted molar refractivity (Wildman–Crippen MR) is 60.0 cm³/mol. The monoisotopic (exact) mass is 204 g/mol. The van der Waals surface area contributed by atoms with Crippen molar-refractivity contribution < 1.29 is 4.39 Å². The molecule has 1 heterocycles. The molecule has 2 nitrogen and oxygen atoms in total. The topological polar surface area (TPSA) is 17.8 Å². The molecule has 1 aromatic carbocycles. The molecule has 0 atom stereocenters. The summed E-state index contributed by atoms with van der Waals surface area (Å²) in [6.07, 6.45) is 2.01. The van der Waals surface area contributed by atoms with E-state index in [4.69, 9.17) is 0 Å². The average molecular weight is 204 g/mol. The van der Waals surface area contributed by atoms with E-state index in [-0.39, 0.29) is 5.82 Å². The van der Waals surface area contributed by atoms with Crippen molar-refractivity contribution in [2.75, 3.05) is 0 Å². The van der Waals surface area contributed by atoms with Crippen LogP contribution < -0.4 is 0 Å². The minimum absolute atomic E-state index is 0.245. The maximum absolute atomic E-state index is 13.0. The van der Waals surface area contributed by atoms with E-state index in [2.05, 4.69) is 4.98 Å². The van der Waals surface area contributed by atoms with Crippen LogP contribution in [0.3, 0.4) is 0 Å². The van der Waals surface area contributed by atoms with E-state index in [9.17, 15) is 4.39 Å². The van der Waals surface area contributed by atoms with Gasteiger partial charge in [-0.25, -0.2) is 9.37 Å². The lowest BCUT2D eigenvalue weighted by Crippen LogP contribution is -1.95. The van der Waals surface area contributed by atoms with Gasteiger partial charge in [-0.3, -0.25) is 0 Å². The Bertz CT molecular complexity index is 538. The Kier molecular flexibility index (Phi) is 2.31. The molecule has 0 saturated heterocycles. The number of aryl methyl sites for hydroxylation is 1. The Hall–Kier alpha value is -1.64. The third-order valence-corrected chi connectivity index (χ3v) is 2.55. The van der Waals surface area contributed by atoms with Crippen LogP contribution in [0.5, 0.6) is 0 Å². The molecule has 0 fully saturated rings. The van der Waals surface area contributed by atoms with Gasteiger partial charge < -0.3 is 4.57 Å². The number of hydrogen-bond acceptors (Lipinski definition) is 1. The minimum Gasteiger partial charge on any atom is -0.301 e. The van der Waals surface area contributed by atoms with Crippen molar-refractivity contribution in [3.8, 4) is 0 Å². The molecule has 15 heavy (non-hydrogen) atoms. The van der Waals surface area contributed by atoms with Crippen LogP contribution in [-0.2, 0) is 0 Å². The molecule has 0 aliphatic carbocycles. The van der Waals surface area contributed by atoms with Gasteiger partial charge in [-0.2, -0.15) is 0 Å². The molecule has 3 heteroatoms. The molecule has 0 aliphatic heterocycles. The Morgan fingerprint density at radius 2 is 2.20 bits per heavy atom. The summed E-state index contributed by atoms with van der Waals surface area (Å²) >= 11 is 0. The lowest BCUT2D eigenvalue weighted by atomic mass is 10.3. The van der Waals surface area contributed by atoms with Crippen LogP contribution in [0.25, 0.3) is 16.7 Å². The fourth-order valence-electron chi connectivity index (χ4n) is 1.75. The third kappa shape index (κ3) is 1.54. The molecule has 2 aromatic rings. The average Bonchev–Trinajstić information content (AvgIpc) is 2.52. The fraction of sp³-hybridized carbons (Fsp3) is 0.250. The second-order valence-electron chi connectivity index (χ2n) is 3.56. The smallest absolute Gasteiger partial charge is 0.125 e. The summed E-state index contributed by atoms with van der Waals surface area (Å²) in [5.74, 6) is 0.636. The first-order valence-corrected chi connectivity index (χ1v) is 4.91. The van der Waals surface area contributed by atoms with Crippen LogP contribution in [0.4, 0.5) is 4.39 Å². The highest BCUT2D eigenvalue weighted by Crippen LogP contribution is 2.20. The Morgan fingerprint density at radius 3 is 2.87 bits per heavy atom. The first-order chi connectivity index (χ1) is 7.13. The van der Waals surface area contributed by atoms with Gasteiger partial charge in [0.1, 0.15) is 11.6 Å². The summed E-state index contributed by atoms with van der Waals surface area (Å²) in [6.45, 7) is 5.91. The van der Waals surface area contributed by atoms with E-state index in [0.717, 1.165) is 17.0 Å². The normalized spacial score (nSPS) is 12.4. The largest absolute Gasteiger partial charge is 0.301 e. The lowest BCUT2D eigenvalue weighted by Gasteiger charge is -2.05. The van der Waals surface area contributed by atoms with Gasteiger partial charge in [-0.15, -0.1) is 0 Å². The first-order valence-electron chi connectivity index (χ1n) is 4.91. The summed E-state index contributed by atoms with van der Waals surface area (Å²) in [7, 11) is 0. The highest BCUT2D eigenvalue weighted by molar-refractivity contribution is 5.79. The van der Waals surface area contributed by atoms with Gasteiger partial charge >= 0.3 is 0 Å². The zero-order valence-electron chi connectivity index (χ0n) is 9.08. The van der Waals surface area contributed by atoms with Gasteiger partial charge in [0.2, 0.25) is 0 Å². The van der Waals surface area contributed by atoms with E-state index >= 15 is 0 Å². The SMILES string of the molecule is CC=C(C)n1c(C)nc2cc(F)ccc21. The van der Waals surface area contributed by atoms with Crippen molar-refractivity contribution in [3.63, 3.8) is 0 Å². The molecule has 78 valence electrons. The van der Waals surface area contributed by atoms with Gasteiger partial charge in [0.05, 0.1) is 11.0 Å². The maximum Gasteiger partial charge on any atom is 0.125 e.